The van der Waals surface area contributed by atoms with Gasteiger partial charge in [-0.3, -0.25) is 0 Å². The van der Waals surface area contributed by atoms with Gasteiger partial charge in [-0.15, -0.1) is 0 Å². The molecule has 1 aliphatic rings. The number of hydrogen-bond acceptors (Lipinski definition) is 2. The Balaban J connectivity index is 1.88. The third-order valence-corrected chi connectivity index (χ3v) is 3.99. The van der Waals surface area contributed by atoms with Crippen molar-refractivity contribution in [1.82, 2.24) is 15.5 Å². The SMILES string of the molecule is CCNC(=NCc1ccccc1F)NCC1CCCN(C)C1. The summed E-state index contributed by atoms with van der Waals surface area (Å²) < 4.78 is 13.6. The highest BCUT2D eigenvalue weighted by Gasteiger charge is 2.17. The van der Waals surface area contributed by atoms with Gasteiger partial charge >= 0.3 is 0 Å². The quantitative estimate of drug-likeness (QED) is 0.647. The fourth-order valence-electron chi connectivity index (χ4n) is 2.81. The predicted octanol–water partition coefficient (Wildman–Crippen LogP) is 2.22. The van der Waals surface area contributed by atoms with Gasteiger partial charge in [-0.2, -0.15) is 0 Å². The summed E-state index contributed by atoms with van der Waals surface area (Å²) in [6, 6.07) is 6.79. The maximum Gasteiger partial charge on any atom is 0.191 e. The average Bonchev–Trinajstić information content (AvgIpc) is 2.51. The Morgan fingerprint density at radius 1 is 1.36 bits per heavy atom. The number of benzene rings is 1. The Bertz CT molecular complexity index is 489. The van der Waals surface area contributed by atoms with Crippen LogP contribution in [0.4, 0.5) is 4.39 Å². The minimum Gasteiger partial charge on any atom is -0.357 e. The lowest BCUT2D eigenvalue weighted by Crippen LogP contribution is -2.43. The highest BCUT2D eigenvalue weighted by Crippen LogP contribution is 2.13. The summed E-state index contributed by atoms with van der Waals surface area (Å²) in [5, 5.41) is 6.62. The van der Waals surface area contributed by atoms with Crippen molar-refractivity contribution >= 4 is 5.96 Å². The maximum atomic E-state index is 13.6. The normalized spacial score (nSPS) is 20.0. The summed E-state index contributed by atoms with van der Waals surface area (Å²) in [5.74, 6) is 1.21. The summed E-state index contributed by atoms with van der Waals surface area (Å²) in [4.78, 5) is 6.86. The molecule has 1 saturated heterocycles. The summed E-state index contributed by atoms with van der Waals surface area (Å²) in [6.07, 6.45) is 2.51. The minimum absolute atomic E-state index is 0.198. The first kappa shape index (κ1) is 16.7. The topological polar surface area (TPSA) is 39.7 Å². The zero-order chi connectivity index (χ0) is 15.8. The van der Waals surface area contributed by atoms with Crippen molar-refractivity contribution in [3.8, 4) is 0 Å². The molecule has 1 unspecified atom stereocenters. The Labute approximate surface area is 132 Å². The molecule has 1 aliphatic heterocycles. The van der Waals surface area contributed by atoms with Gasteiger partial charge in [-0.1, -0.05) is 18.2 Å². The van der Waals surface area contributed by atoms with Crippen LogP contribution in [0, 0.1) is 11.7 Å². The van der Waals surface area contributed by atoms with Crippen LogP contribution in [0.5, 0.6) is 0 Å². The monoisotopic (exact) mass is 306 g/mol. The third kappa shape index (κ3) is 5.30. The van der Waals surface area contributed by atoms with Crippen molar-refractivity contribution in [3.05, 3.63) is 35.6 Å². The molecule has 5 heteroatoms. The van der Waals surface area contributed by atoms with Gasteiger partial charge < -0.3 is 15.5 Å². The van der Waals surface area contributed by atoms with Crippen molar-refractivity contribution in [2.24, 2.45) is 10.9 Å². The highest BCUT2D eigenvalue weighted by atomic mass is 19.1. The molecule has 1 atom stereocenters. The number of piperidine rings is 1. The van der Waals surface area contributed by atoms with E-state index in [9.17, 15) is 4.39 Å². The Morgan fingerprint density at radius 2 is 2.18 bits per heavy atom. The van der Waals surface area contributed by atoms with Gasteiger partial charge in [-0.25, -0.2) is 9.38 Å². The molecule has 0 radical (unpaired) electrons. The van der Waals surface area contributed by atoms with E-state index in [-0.39, 0.29) is 5.82 Å². The zero-order valence-corrected chi connectivity index (χ0v) is 13.6. The Hall–Kier alpha value is -1.62. The molecule has 1 aromatic rings. The number of nitrogens with zero attached hydrogens (tertiary/aromatic N) is 2. The van der Waals surface area contributed by atoms with Gasteiger partial charge in [0.05, 0.1) is 6.54 Å². The van der Waals surface area contributed by atoms with Crippen molar-refractivity contribution in [3.63, 3.8) is 0 Å². The van der Waals surface area contributed by atoms with Gasteiger partial charge in [0.15, 0.2) is 5.96 Å². The van der Waals surface area contributed by atoms with Crippen LogP contribution >= 0.6 is 0 Å². The fraction of sp³-hybridized carbons (Fsp3) is 0.588. The van der Waals surface area contributed by atoms with Crippen molar-refractivity contribution < 1.29 is 4.39 Å². The molecule has 1 heterocycles. The van der Waals surface area contributed by atoms with Crippen molar-refractivity contribution in [2.45, 2.75) is 26.3 Å². The molecule has 122 valence electrons. The number of nitrogens with one attached hydrogen (secondary N) is 2. The number of rotatable bonds is 5. The molecule has 0 amide bonds. The van der Waals surface area contributed by atoms with Crippen LogP contribution in [0.3, 0.4) is 0 Å². The molecule has 0 saturated carbocycles. The van der Waals surface area contributed by atoms with Crippen molar-refractivity contribution in [2.75, 3.05) is 33.2 Å². The van der Waals surface area contributed by atoms with E-state index in [1.54, 1.807) is 12.1 Å². The van der Waals surface area contributed by atoms with E-state index in [0.717, 1.165) is 25.6 Å². The Kier molecular flexibility index (Phi) is 6.65. The summed E-state index contributed by atoms with van der Waals surface area (Å²) in [7, 11) is 2.17. The molecule has 22 heavy (non-hydrogen) atoms. The van der Waals surface area contributed by atoms with Gasteiger partial charge in [0.2, 0.25) is 0 Å². The molecule has 0 aliphatic carbocycles. The lowest BCUT2D eigenvalue weighted by atomic mass is 9.99. The van der Waals surface area contributed by atoms with Crippen LogP contribution in [-0.2, 0) is 6.54 Å². The van der Waals surface area contributed by atoms with Crippen LogP contribution in [0.1, 0.15) is 25.3 Å². The van der Waals surface area contributed by atoms with E-state index < -0.39 is 0 Å². The smallest absolute Gasteiger partial charge is 0.191 e. The Morgan fingerprint density at radius 3 is 2.91 bits per heavy atom. The summed E-state index contributed by atoms with van der Waals surface area (Å²) >= 11 is 0. The number of aliphatic imine (C=N–C) groups is 1. The van der Waals surface area contributed by atoms with Gasteiger partial charge in [0.25, 0.3) is 0 Å². The second kappa shape index (κ2) is 8.73. The first-order chi connectivity index (χ1) is 10.7. The maximum absolute atomic E-state index is 13.6. The summed E-state index contributed by atoms with van der Waals surface area (Å²) in [6.45, 7) is 6.42. The molecule has 0 bridgehead atoms. The molecule has 0 spiro atoms. The number of hydrogen-bond donors (Lipinski definition) is 2. The number of halogens is 1. The van der Waals surface area contributed by atoms with Gasteiger partial charge in [-0.05, 0) is 45.3 Å². The van der Waals surface area contributed by atoms with E-state index >= 15 is 0 Å². The molecular weight excluding hydrogens is 279 g/mol. The predicted molar refractivity (Wildman–Crippen MR) is 89.4 cm³/mol. The van der Waals surface area contributed by atoms with Gasteiger partial charge in [0, 0.05) is 25.2 Å². The lowest BCUT2D eigenvalue weighted by molar-refractivity contribution is 0.210. The molecule has 4 nitrogen and oxygen atoms in total. The zero-order valence-electron chi connectivity index (χ0n) is 13.6. The van der Waals surface area contributed by atoms with Crippen molar-refractivity contribution in [1.29, 1.82) is 0 Å². The first-order valence-corrected chi connectivity index (χ1v) is 8.13. The average molecular weight is 306 g/mol. The largest absolute Gasteiger partial charge is 0.357 e. The molecule has 0 aromatic heterocycles. The standard InChI is InChI=1S/C17H27FN4/c1-3-19-17(20-11-14-7-6-10-22(2)13-14)21-12-15-8-4-5-9-16(15)18/h4-5,8-9,14H,3,6-7,10-13H2,1-2H3,(H2,19,20,21). The molecule has 2 rings (SSSR count). The van der Waals surface area contributed by atoms with E-state index in [0.29, 0.717) is 18.0 Å². The van der Waals surface area contributed by atoms with E-state index in [1.165, 1.54) is 25.5 Å². The van der Waals surface area contributed by atoms with Crippen LogP contribution in [0.25, 0.3) is 0 Å². The molecular formula is C17H27FN4. The first-order valence-electron chi connectivity index (χ1n) is 8.13. The van der Waals surface area contributed by atoms with Gasteiger partial charge in [0.1, 0.15) is 5.82 Å². The van der Waals surface area contributed by atoms with Crippen LogP contribution in [0.15, 0.2) is 29.3 Å². The summed E-state index contributed by atoms with van der Waals surface area (Å²) in [5.41, 5.74) is 0.622. The van der Waals surface area contributed by atoms with E-state index in [1.807, 2.05) is 13.0 Å². The number of guanidine groups is 1. The second-order valence-corrected chi connectivity index (χ2v) is 5.94. The third-order valence-electron chi connectivity index (χ3n) is 3.99. The van der Waals surface area contributed by atoms with E-state index in [2.05, 4.69) is 27.6 Å². The van der Waals surface area contributed by atoms with Crippen LogP contribution < -0.4 is 10.6 Å². The number of likely N-dealkylation sites (tertiary alicyclic amines) is 1. The molecule has 2 N–H and O–H groups in total. The highest BCUT2D eigenvalue weighted by molar-refractivity contribution is 5.79. The minimum atomic E-state index is -0.198. The van der Waals surface area contributed by atoms with Crippen LogP contribution in [-0.4, -0.2) is 44.1 Å². The lowest BCUT2D eigenvalue weighted by Gasteiger charge is -2.30. The van der Waals surface area contributed by atoms with E-state index in [4.69, 9.17) is 0 Å². The fourth-order valence-corrected chi connectivity index (χ4v) is 2.81. The van der Waals surface area contributed by atoms with Crippen LogP contribution in [0.2, 0.25) is 0 Å². The second-order valence-electron chi connectivity index (χ2n) is 5.94. The molecule has 1 aromatic carbocycles. The molecule has 1 fully saturated rings.